The van der Waals surface area contributed by atoms with Gasteiger partial charge in [-0.25, -0.2) is 4.98 Å². The molecular weight excluding hydrogens is 1390 g/mol. The number of aromatic nitrogens is 4. The van der Waals surface area contributed by atoms with Crippen LogP contribution in [0.1, 0.15) is 256 Å². The molecule has 0 saturated carbocycles. The third kappa shape index (κ3) is 86.2. The maximum absolute atomic E-state index is 5.12. The molecular formula is C91H172N6O3S5. The Kier molecular flexibility index (Phi) is 166. The molecule has 0 atom stereocenters. The molecule has 9 nitrogen and oxygen atoms in total. The Bertz CT molecular complexity index is 2230. The van der Waals surface area contributed by atoms with Gasteiger partial charge in [0.05, 0.1) is 55.6 Å². The first-order valence-corrected chi connectivity index (χ1v) is 46.7. The van der Waals surface area contributed by atoms with Gasteiger partial charge in [0.15, 0.2) is 0 Å². The lowest BCUT2D eigenvalue weighted by Gasteiger charge is -2.09. The molecule has 0 bridgehead atoms. The largest absolute Gasteiger partial charge is 0.464 e. The third-order valence-electron chi connectivity index (χ3n) is 9.98. The monoisotopic (exact) mass is 1560 g/mol. The van der Waals surface area contributed by atoms with Crippen LogP contribution in [0.3, 0.4) is 0 Å². The molecule has 10 aromatic rings. The number of imidazole rings is 1. The van der Waals surface area contributed by atoms with E-state index in [2.05, 4.69) is 119 Å². The van der Waals surface area contributed by atoms with Crippen molar-refractivity contribution in [3.63, 3.8) is 0 Å². The van der Waals surface area contributed by atoms with Crippen molar-refractivity contribution >= 4 is 112 Å². The van der Waals surface area contributed by atoms with E-state index in [9.17, 15) is 0 Å². The summed E-state index contributed by atoms with van der Waals surface area (Å²) in [4.78, 5) is 14.2. The number of ether oxygens (including phenoxy) is 2. The zero-order valence-corrected chi connectivity index (χ0v) is 79.2. The molecule has 14 rings (SSSR count). The molecule has 0 radical (unpaired) electrons. The topological polar surface area (TPSA) is 105 Å². The fourth-order valence-electron chi connectivity index (χ4n) is 6.46. The second-order valence-corrected chi connectivity index (χ2v) is 20.6. The van der Waals surface area contributed by atoms with Gasteiger partial charge in [-0.15, -0.1) is 23.1 Å². The van der Waals surface area contributed by atoms with Gasteiger partial charge in [0, 0.05) is 99.6 Å². The van der Waals surface area contributed by atoms with E-state index in [1.165, 1.54) is 86.3 Å². The Morgan fingerprint density at radius 2 is 0.800 bits per heavy atom. The Morgan fingerprint density at radius 1 is 0.371 bits per heavy atom. The number of thioether (sulfide) groups is 4. The van der Waals surface area contributed by atoms with Crippen LogP contribution in [0.25, 0.3) is 48.5 Å². The van der Waals surface area contributed by atoms with Gasteiger partial charge in [-0.05, 0) is 95.4 Å². The maximum Gasteiger partial charge on any atom is 0.133 e. The van der Waals surface area contributed by atoms with E-state index in [4.69, 9.17) is 13.9 Å². The highest BCUT2D eigenvalue weighted by Gasteiger charge is 1.97. The van der Waals surface area contributed by atoms with Crippen LogP contribution in [0.5, 0.6) is 0 Å². The van der Waals surface area contributed by atoms with E-state index >= 15 is 0 Å². The Labute approximate surface area is 675 Å². The van der Waals surface area contributed by atoms with Crippen LogP contribution in [0.4, 0.5) is 0 Å². The van der Waals surface area contributed by atoms with Crippen molar-refractivity contribution in [3.05, 3.63) is 182 Å². The zero-order chi connectivity index (χ0) is 83.5. The van der Waals surface area contributed by atoms with Crippen molar-refractivity contribution in [2.24, 2.45) is 4.99 Å². The number of aliphatic imine (C=N–C) groups is 1. The fourth-order valence-corrected chi connectivity index (χ4v) is 10.9. The number of benzene rings is 4. The summed E-state index contributed by atoms with van der Waals surface area (Å²) in [6.45, 7) is 78.6. The standard InChI is InChI=1S/2C8H7N.C8H6O.C8H6S.C7H6N2.C4H9NS.C4H7NS.C4H8O2.C4H8S2.18C2H6/c1-2-6-9-7-3-5-8(9)4-1;3*1-2-4-8-7(3-1)5-6-9-8;1-2-4-7-6(3-1)8-5-9-7;1-3-6-4-2-5-1;1-2-5-4-6-3-1;2*1-2-6-4-3-5-1;18*1-2/h1-7H;1-6,9H;2*1-6H;1-5H,(H,8,9);5H,1-4H2;4H,1-3H2;2*1-4H2;18*1-2H3. The van der Waals surface area contributed by atoms with Gasteiger partial charge >= 0.3 is 0 Å². The second-order valence-electron chi connectivity index (χ2n) is 15.0. The highest BCUT2D eigenvalue weighted by molar-refractivity contribution is 8.12. The van der Waals surface area contributed by atoms with Gasteiger partial charge in [-0.1, -0.05) is 322 Å². The van der Waals surface area contributed by atoms with E-state index in [-0.39, 0.29) is 0 Å². The van der Waals surface area contributed by atoms with Crippen molar-refractivity contribution in [3.8, 4) is 0 Å². The molecule has 0 aliphatic carbocycles. The lowest BCUT2D eigenvalue weighted by Crippen LogP contribution is -2.24. The number of nitrogens with one attached hydrogen (secondary N) is 3. The van der Waals surface area contributed by atoms with Crippen LogP contribution in [0.2, 0.25) is 0 Å². The predicted molar refractivity (Wildman–Crippen MR) is 511 cm³/mol. The minimum absolute atomic E-state index is 0.778. The molecule has 0 amide bonds. The molecule has 3 N–H and O–H groups in total. The first-order valence-electron chi connectivity index (χ1n) is 41.3. The first kappa shape index (κ1) is 130. The van der Waals surface area contributed by atoms with E-state index in [0.717, 1.165) is 55.0 Å². The summed E-state index contributed by atoms with van der Waals surface area (Å²) in [6.07, 6.45) is 10.7. The molecule has 3 fully saturated rings. The molecule has 0 spiro atoms. The first-order chi connectivity index (χ1) is 52.3. The van der Waals surface area contributed by atoms with Gasteiger partial charge < -0.3 is 33.6 Å². The summed E-state index contributed by atoms with van der Waals surface area (Å²) >= 11 is 9.77. The number of aromatic amines is 2. The van der Waals surface area contributed by atoms with Crippen LogP contribution in [-0.2, 0) is 9.47 Å². The van der Waals surface area contributed by atoms with Crippen LogP contribution >= 0.6 is 58.4 Å². The molecule has 3 saturated heterocycles. The number of fused-ring (bicyclic) bond motifs is 5. The van der Waals surface area contributed by atoms with Crippen LogP contribution in [0, 0.1) is 0 Å². The fraction of sp³-hybridized carbons (Fsp3) is 0.560. The maximum atomic E-state index is 5.12. The van der Waals surface area contributed by atoms with E-state index in [0.29, 0.717) is 0 Å². The van der Waals surface area contributed by atoms with Crippen molar-refractivity contribution in [1.82, 2.24) is 24.7 Å². The average molecular weight is 1560 g/mol. The van der Waals surface area contributed by atoms with E-state index < -0.39 is 0 Å². The molecule has 10 heterocycles. The number of thiophene rings is 1. The zero-order valence-electron chi connectivity index (χ0n) is 75.1. The Balaban J connectivity index is -0.0000000785. The molecule has 6 aromatic heterocycles. The smallest absolute Gasteiger partial charge is 0.133 e. The minimum atomic E-state index is 0.778. The third-order valence-corrected chi connectivity index (χ3v) is 15.2. The number of para-hydroxylation sites is 4. The van der Waals surface area contributed by atoms with Gasteiger partial charge in [0.1, 0.15) is 5.58 Å². The number of rotatable bonds is 0. The lowest BCUT2D eigenvalue weighted by molar-refractivity contribution is -0.0334. The molecule has 105 heavy (non-hydrogen) atoms. The van der Waals surface area contributed by atoms with Crippen LogP contribution in [-0.4, -0.2) is 111 Å². The number of nitrogens with zero attached hydrogens (tertiary/aromatic N) is 3. The number of hydrogen-bond donors (Lipinski definition) is 3. The second kappa shape index (κ2) is 135. The summed E-state index contributed by atoms with van der Waals surface area (Å²) in [7, 11) is 0. The Hall–Kier alpha value is -4.90. The summed E-state index contributed by atoms with van der Waals surface area (Å²) in [5, 5.41) is 9.17. The van der Waals surface area contributed by atoms with Gasteiger partial charge in [-0.3, -0.25) is 4.99 Å². The molecule has 14 heteroatoms. The van der Waals surface area contributed by atoms with Crippen LogP contribution < -0.4 is 5.32 Å². The number of H-pyrrole nitrogens is 2. The quantitative estimate of drug-likeness (QED) is 0.137. The Morgan fingerprint density at radius 3 is 1.19 bits per heavy atom. The predicted octanol–water partition coefficient (Wildman–Crippen LogP) is 32.4. The summed E-state index contributed by atoms with van der Waals surface area (Å²) < 4.78 is 18.5. The molecule has 4 aromatic carbocycles. The minimum Gasteiger partial charge on any atom is -0.464 e. The highest BCUT2D eigenvalue weighted by Crippen LogP contribution is 2.19. The molecule has 4 aliphatic rings. The van der Waals surface area contributed by atoms with E-state index in [1.54, 1.807) is 35.7 Å². The summed E-state index contributed by atoms with van der Waals surface area (Å²) in [5.74, 6) is 9.40. The molecule has 0 unspecified atom stereocenters. The SMILES string of the molecule is C1=NCCCS1.C1COCCO1.C1CSCCN1.C1CSCCS1.CC.CC.CC.CC.CC.CC.CC.CC.CC.CC.CC.CC.CC.CC.CC.CC.CC.CC.c1ccc2[nH]ccc2c1.c1ccc2[nH]cnc2c1.c1ccc2occc2c1.c1ccc2sccc2c1.c1ccn2cccc2c1. The summed E-state index contributed by atoms with van der Waals surface area (Å²) in [5.41, 5.74) is 7.46. The molecule has 4 aliphatic heterocycles. The molecule has 614 valence electrons. The van der Waals surface area contributed by atoms with Gasteiger partial charge in [-0.2, -0.15) is 35.3 Å². The number of hydrogen-bond acceptors (Lipinski definition) is 11. The lowest BCUT2D eigenvalue weighted by atomic mass is 10.3. The van der Waals surface area contributed by atoms with Crippen LogP contribution in [0.15, 0.2) is 192 Å². The van der Waals surface area contributed by atoms with E-state index in [1.807, 2.05) is 370 Å². The van der Waals surface area contributed by atoms with Gasteiger partial charge in [0.2, 0.25) is 0 Å². The van der Waals surface area contributed by atoms with Gasteiger partial charge in [0.25, 0.3) is 0 Å². The van der Waals surface area contributed by atoms with Crippen molar-refractivity contribution < 1.29 is 13.9 Å². The summed E-state index contributed by atoms with van der Waals surface area (Å²) in [6, 6.07) is 48.9. The van der Waals surface area contributed by atoms with Crippen molar-refractivity contribution in [2.45, 2.75) is 256 Å². The van der Waals surface area contributed by atoms with Crippen molar-refractivity contribution in [1.29, 1.82) is 0 Å². The normalized spacial score (nSPS) is 10.7. The number of furan rings is 1. The highest BCUT2D eigenvalue weighted by atomic mass is 32.2. The van der Waals surface area contributed by atoms with Crippen molar-refractivity contribution in [2.75, 3.05) is 86.3 Å². The average Bonchev–Trinajstić information content (AvgIpc) is 1.80. The number of pyridine rings is 1.